The predicted molar refractivity (Wildman–Crippen MR) is 131 cm³/mol. The Kier molecular flexibility index (Phi) is 9.05. The van der Waals surface area contributed by atoms with Gasteiger partial charge >= 0.3 is 0 Å². The van der Waals surface area contributed by atoms with Crippen LogP contribution in [-0.4, -0.2) is 71.2 Å². The van der Waals surface area contributed by atoms with Gasteiger partial charge < -0.3 is 14.2 Å². The normalized spacial score (nSPS) is 11.7. The largest absolute Gasteiger partial charge is 0.494 e. The number of carbonyl (C=O) groups is 1. The number of methoxy groups -OCH3 is 3. The second-order valence-electron chi connectivity index (χ2n) is 6.94. The number of anilines is 1. The molecule has 0 aliphatic carbocycles. The van der Waals surface area contributed by atoms with E-state index in [4.69, 9.17) is 25.8 Å². The maximum atomic E-state index is 13.0. The van der Waals surface area contributed by atoms with Crippen molar-refractivity contribution in [1.29, 1.82) is 0 Å². The zero-order valence-corrected chi connectivity index (χ0v) is 21.2. The molecule has 1 amide bonds. The van der Waals surface area contributed by atoms with Gasteiger partial charge in [-0.05, 0) is 36.4 Å². The number of fused-ring (bicyclic) bond motifs is 1. The van der Waals surface area contributed by atoms with Crippen molar-refractivity contribution >= 4 is 54.2 Å². The molecule has 10 nitrogen and oxygen atoms in total. The summed E-state index contributed by atoms with van der Waals surface area (Å²) in [6.45, 7) is 0.868. The maximum absolute atomic E-state index is 13.0. The lowest BCUT2D eigenvalue weighted by Gasteiger charge is -2.21. The summed E-state index contributed by atoms with van der Waals surface area (Å²) >= 11 is 7.48. The minimum absolute atomic E-state index is 0.0668. The van der Waals surface area contributed by atoms with Crippen molar-refractivity contribution in [2.45, 2.75) is 4.90 Å². The van der Waals surface area contributed by atoms with Crippen LogP contribution in [0.2, 0.25) is 5.02 Å². The minimum Gasteiger partial charge on any atom is -0.494 e. The smallest absolute Gasteiger partial charge is 0.269 e. The van der Waals surface area contributed by atoms with Crippen molar-refractivity contribution in [2.24, 2.45) is 0 Å². The summed E-state index contributed by atoms with van der Waals surface area (Å²) in [5.74, 6) is 0.105. The molecule has 0 unspecified atom stereocenters. The second-order valence-corrected chi connectivity index (χ2v) is 10.3. The number of nitrogens with zero attached hydrogens (tertiary/aromatic N) is 2. The summed E-state index contributed by atoms with van der Waals surface area (Å²) in [4.78, 5) is 17.0. The quantitative estimate of drug-likeness (QED) is 0.344. The number of benzene rings is 2. The average Bonchev–Trinajstić information content (AvgIpc) is 3.28. The van der Waals surface area contributed by atoms with Crippen LogP contribution < -0.4 is 15.6 Å². The first-order valence-corrected chi connectivity index (χ1v) is 12.7. The first-order valence-electron chi connectivity index (χ1n) is 10.1. The minimum atomic E-state index is -3.78. The van der Waals surface area contributed by atoms with E-state index in [1.54, 1.807) is 12.1 Å². The number of rotatable bonds is 12. The summed E-state index contributed by atoms with van der Waals surface area (Å²) < 4.78 is 43.3. The van der Waals surface area contributed by atoms with E-state index in [1.165, 1.54) is 61.2 Å². The molecule has 0 saturated heterocycles. The number of hydrazine groups is 1. The Labute approximate surface area is 206 Å². The Morgan fingerprint density at radius 1 is 1.06 bits per heavy atom. The molecule has 0 fully saturated rings. The van der Waals surface area contributed by atoms with E-state index in [0.29, 0.717) is 21.4 Å². The number of thiazole rings is 1. The van der Waals surface area contributed by atoms with Gasteiger partial charge in [0.05, 0.1) is 34.9 Å². The van der Waals surface area contributed by atoms with Gasteiger partial charge in [-0.3, -0.25) is 15.6 Å². The molecule has 1 heterocycles. The molecule has 0 radical (unpaired) electrons. The fraction of sp³-hybridized carbons (Fsp3) is 0.333. The molecule has 0 saturated carbocycles. The summed E-state index contributed by atoms with van der Waals surface area (Å²) in [6.07, 6.45) is 0. The van der Waals surface area contributed by atoms with Crippen molar-refractivity contribution in [3.05, 3.63) is 47.0 Å². The van der Waals surface area contributed by atoms with E-state index in [2.05, 4.69) is 15.8 Å². The van der Waals surface area contributed by atoms with E-state index in [-0.39, 0.29) is 36.8 Å². The van der Waals surface area contributed by atoms with E-state index in [9.17, 15) is 13.2 Å². The van der Waals surface area contributed by atoms with Gasteiger partial charge in [0.2, 0.25) is 15.2 Å². The van der Waals surface area contributed by atoms with Gasteiger partial charge in [-0.1, -0.05) is 22.9 Å². The van der Waals surface area contributed by atoms with Gasteiger partial charge in [-0.15, -0.1) is 0 Å². The molecule has 34 heavy (non-hydrogen) atoms. The molecular weight excluding hydrogens is 504 g/mol. The lowest BCUT2D eigenvalue weighted by molar-refractivity contribution is 0.0962. The fourth-order valence-electron chi connectivity index (χ4n) is 3.02. The van der Waals surface area contributed by atoms with Crippen LogP contribution >= 0.6 is 22.9 Å². The van der Waals surface area contributed by atoms with Crippen LogP contribution in [0.3, 0.4) is 0 Å². The van der Waals surface area contributed by atoms with Crippen LogP contribution in [0, 0.1) is 0 Å². The second kappa shape index (κ2) is 11.8. The summed E-state index contributed by atoms with van der Waals surface area (Å²) in [6, 6.07) is 9.08. The lowest BCUT2D eigenvalue weighted by Crippen LogP contribution is -2.36. The number of nitrogens with one attached hydrogen (secondary N) is 2. The van der Waals surface area contributed by atoms with Crippen molar-refractivity contribution in [3.8, 4) is 5.75 Å². The molecule has 0 spiro atoms. The summed E-state index contributed by atoms with van der Waals surface area (Å²) in [5.41, 5.74) is 6.16. The van der Waals surface area contributed by atoms with E-state index in [1.807, 2.05) is 0 Å². The average molecular weight is 529 g/mol. The molecule has 2 aromatic carbocycles. The lowest BCUT2D eigenvalue weighted by atomic mass is 10.2. The number of amides is 1. The van der Waals surface area contributed by atoms with Gasteiger partial charge in [0.25, 0.3) is 5.91 Å². The maximum Gasteiger partial charge on any atom is 0.269 e. The standard InChI is InChI=1S/C21H25ClN4O6S2/c1-30-12-10-26(11-13-31-2)34(28,29)15-6-4-14(5-7-15)20(27)24-25-21-23-18-17(32-3)9-8-16(22)19(18)33-21/h4-9H,10-13H2,1-3H3,(H,23,25)(H,24,27). The zero-order chi connectivity index (χ0) is 24.7. The molecule has 3 rings (SSSR count). The number of hydrogen-bond acceptors (Lipinski definition) is 9. The Hall–Kier alpha value is -2.48. The number of sulfonamides is 1. The third-order valence-corrected chi connectivity index (χ3v) is 8.15. The van der Waals surface area contributed by atoms with Crippen molar-refractivity contribution in [3.63, 3.8) is 0 Å². The topological polar surface area (TPSA) is 119 Å². The van der Waals surface area contributed by atoms with E-state index >= 15 is 0 Å². The van der Waals surface area contributed by atoms with Crippen LogP contribution in [0.5, 0.6) is 5.75 Å². The monoisotopic (exact) mass is 528 g/mol. The first kappa shape index (κ1) is 26.1. The SMILES string of the molecule is COCCN(CCOC)S(=O)(=O)c1ccc(C(=O)NNc2nc3c(OC)ccc(Cl)c3s2)cc1. The molecular formula is C21H25ClN4O6S2. The van der Waals surface area contributed by atoms with Gasteiger partial charge in [0.15, 0.2) is 0 Å². The van der Waals surface area contributed by atoms with Crippen LogP contribution in [0.15, 0.2) is 41.3 Å². The predicted octanol–water partition coefficient (Wildman–Crippen LogP) is 3.00. The molecule has 2 N–H and O–H groups in total. The van der Waals surface area contributed by atoms with Crippen LogP contribution in [0.25, 0.3) is 10.2 Å². The van der Waals surface area contributed by atoms with Gasteiger partial charge in [-0.2, -0.15) is 4.31 Å². The van der Waals surface area contributed by atoms with E-state index in [0.717, 1.165) is 4.70 Å². The van der Waals surface area contributed by atoms with Crippen molar-refractivity contribution in [1.82, 2.24) is 14.7 Å². The molecule has 3 aromatic rings. The van der Waals surface area contributed by atoms with Crippen LogP contribution in [0.1, 0.15) is 10.4 Å². The van der Waals surface area contributed by atoms with Gasteiger partial charge in [0, 0.05) is 32.9 Å². The highest BCUT2D eigenvalue weighted by atomic mass is 35.5. The molecule has 184 valence electrons. The highest BCUT2D eigenvalue weighted by Crippen LogP contribution is 2.37. The van der Waals surface area contributed by atoms with Crippen LogP contribution in [0.4, 0.5) is 5.13 Å². The Bertz CT molecular complexity index is 1230. The highest BCUT2D eigenvalue weighted by Gasteiger charge is 2.24. The Morgan fingerprint density at radius 2 is 1.71 bits per heavy atom. The van der Waals surface area contributed by atoms with Crippen molar-refractivity contribution < 1.29 is 27.4 Å². The van der Waals surface area contributed by atoms with Gasteiger partial charge in [0.1, 0.15) is 11.3 Å². The molecule has 0 bridgehead atoms. The van der Waals surface area contributed by atoms with E-state index < -0.39 is 15.9 Å². The number of halogens is 1. The molecule has 0 aliphatic rings. The number of hydrogen-bond donors (Lipinski definition) is 2. The fourth-order valence-corrected chi connectivity index (χ4v) is 5.54. The van der Waals surface area contributed by atoms with Crippen molar-refractivity contribution in [2.75, 3.05) is 53.1 Å². The summed E-state index contributed by atoms with van der Waals surface area (Å²) in [7, 11) is 0.765. The molecule has 13 heteroatoms. The highest BCUT2D eigenvalue weighted by molar-refractivity contribution is 7.89. The number of ether oxygens (including phenoxy) is 3. The molecule has 1 aromatic heterocycles. The third-order valence-electron chi connectivity index (χ3n) is 4.81. The number of carbonyl (C=O) groups excluding carboxylic acids is 1. The molecule has 0 atom stereocenters. The third kappa shape index (κ3) is 5.95. The number of aromatic nitrogens is 1. The Balaban J connectivity index is 1.70. The first-order chi connectivity index (χ1) is 16.3. The Morgan fingerprint density at radius 3 is 2.29 bits per heavy atom. The summed E-state index contributed by atoms with van der Waals surface area (Å²) in [5, 5.41) is 0.940. The molecule has 0 aliphatic heterocycles. The van der Waals surface area contributed by atoms with Crippen LogP contribution in [-0.2, 0) is 19.5 Å². The van der Waals surface area contributed by atoms with Gasteiger partial charge in [-0.25, -0.2) is 13.4 Å². The zero-order valence-electron chi connectivity index (χ0n) is 18.8.